The highest BCUT2D eigenvalue weighted by Gasteiger charge is 2.14. The van der Waals surface area contributed by atoms with Crippen molar-refractivity contribution in [1.82, 2.24) is 4.98 Å². The molecule has 1 unspecified atom stereocenters. The van der Waals surface area contributed by atoms with E-state index in [2.05, 4.69) is 65.2 Å². The minimum absolute atomic E-state index is 0.476. The highest BCUT2D eigenvalue weighted by atomic mass is 79.9. The van der Waals surface area contributed by atoms with Crippen LogP contribution in [-0.2, 0) is 0 Å². The number of benzene rings is 1. The number of rotatable bonds is 5. The molecule has 2 rings (SSSR count). The summed E-state index contributed by atoms with van der Waals surface area (Å²) >= 11 is 5.21. The number of hydrogen-bond donors (Lipinski definition) is 1. The van der Waals surface area contributed by atoms with Gasteiger partial charge in [0.05, 0.1) is 10.2 Å². The molecule has 98 valence electrons. The summed E-state index contributed by atoms with van der Waals surface area (Å²) in [6.07, 6.45) is 2.42. The van der Waals surface area contributed by atoms with Gasteiger partial charge >= 0.3 is 0 Å². The lowest BCUT2D eigenvalue weighted by molar-refractivity contribution is 0.438. The SMILES string of the molecule is CCC(CC)C(C)Nc1nc2cc(Br)ccc2s1. The molecule has 1 aromatic carbocycles. The fraction of sp³-hybridized carbons (Fsp3) is 0.500. The van der Waals surface area contributed by atoms with E-state index in [1.165, 1.54) is 17.5 Å². The van der Waals surface area contributed by atoms with Crippen molar-refractivity contribution in [2.75, 3.05) is 5.32 Å². The van der Waals surface area contributed by atoms with Gasteiger partial charge in [0.25, 0.3) is 0 Å². The first kappa shape index (κ1) is 13.8. The Hall–Kier alpha value is -0.610. The van der Waals surface area contributed by atoms with Gasteiger partial charge in [0.15, 0.2) is 5.13 Å². The molecule has 1 N–H and O–H groups in total. The van der Waals surface area contributed by atoms with E-state index < -0.39 is 0 Å². The summed E-state index contributed by atoms with van der Waals surface area (Å²) in [5.41, 5.74) is 1.06. The zero-order chi connectivity index (χ0) is 13.1. The number of anilines is 1. The molecule has 4 heteroatoms. The van der Waals surface area contributed by atoms with Gasteiger partial charge < -0.3 is 5.32 Å². The van der Waals surface area contributed by atoms with Crippen LogP contribution in [0.15, 0.2) is 22.7 Å². The number of fused-ring (bicyclic) bond motifs is 1. The fourth-order valence-corrected chi connectivity index (χ4v) is 3.56. The largest absolute Gasteiger partial charge is 0.359 e. The standard InChI is InChI=1S/C14H19BrN2S/c1-4-10(5-2)9(3)16-14-17-12-8-11(15)6-7-13(12)18-14/h6-10H,4-5H2,1-3H3,(H,16,17). The van der Waals surface area contributed by atoms with Gasteiger partial charge in [0, 0.05) is 10.5 Å². The summed E-state index contributed by atoms with van der Waals surface area (Å²) in [7, 11) is 0. The number of halogens is 1. The maximum absolute atomic E-state index is 4.64. The van der Waals surface area contributed by atoms with E-state index in [1.807, 2.05) is 0 Å². The highest BCUT2D eigenvalue weighted by Crippen LogP contribution is 2.29. The third kappa shape index (κ3) is 3.04. The van der Waals surface area contributed by atoms with Crippen LogP contribution >= 0.6 is 27.3 Å². The van der Waals surface area contributed by atoms with Crippen molar-refractivity contribution in [3.05, 3.63) is 22.7 Å². The molecule has 0 saturated heterocycles. The van der Waals surface area contributed by atoms with Crippen molar-refractivity contribution in [3.63, 3.8) is 0 Å². The molecule has 0 aliphatic carbocycles. The smallest absolute Gasteiger partial charge is 0.184 e. The molecule has 0 aliphatic heterocycles. The van der Waals surface area contributed by atoms with Gasteiger partial charge in [-0.1, -0.05) is 54.0 Å². The van der Waals surface area contributed by atoms with Crippen LogP contribution in [-0.4, -0.2) is 11.0 Å². The molecule has 0 radical (unpaired) electrons. The van der Waals surface area contributed by atoms with Gasteiger partial charge in [0.2, 0.25) is 0 Å². The van der Waals surface area contributed by atoms with Crippen LogP contribution in [0.25, 0.3) is 10.2 Å². The summed E-state index contributed by atoms with van der Waals surface area (Å²) in [4.78, 5) is 4.64. The molecule has 1 aromatic heterocycles. The third-order valence-electron chi connectivity index (χ3n) is 3.46. The fourth-order valence-electron chi connectivity index (χ4n) is 2.27. The van der Waals surface area contributed by atoms with E-state index >= 15 is 0 Å². The summed E-state index contributed by atoms with van der Waals surface area (Å²) in [5, 5.41) is 4.57. The molecule has 0 fully saturated rings. The Morgan fingerprint density at radius 2 is 2.06 bits per heavy atom. The number of hydrogen-bond acceptors (Lipinski definition) is 3. The molecule has 0 amide bonds. The average Bonchev–Trinajstić information content (AvgIpc) is 2.71. The van der Waals surface area contributed by atoms with E-state index in [1.54, 1.807) is 11.3 Å². The molecule has 1 heterocycles. The molecule has 18 heavy (non-hydrogen) atoms. The lowest BCUT2D eigenvalue weighted by Crippen LogP contribution is -2.24. The van der Waals surface area contributed by atoms with Gasteiger partial charge in [0.1, 0.15) is 0 Å². The molecule has 2 aromatic rings. The van der Waals surface area contributed by atoms with Crippen LogP contribution in [0.2, 0.25) is 0 Å². The van der Waals surface area contributed by atoms with Crippen LogP contribution in [0.4, 0.5) is 5.13 Å². The second-order valence-electron chi connectivity index (χ2n) is 4.64. The second kappa shape index (κ2) is 6.02. The zero-order valence-electron chi connectivity index (χ0n) is 11.0. The summed E-state index contributed by atoms with van der Waals surface area (Å²) in [5.74, 6) is 0.712. The van der Waals surface area contributed by atoms with Crippen molar-refractivity contribution < 1.29 is 0 Å². The molecule has 0 aliphatic rings. The zero-order valence-corrected chi connectivity index (χ0v) is 13.4. The van der Waals surface area contributed by atoms with E-state index in [4.69, 9.17) is 0 Å². The van der Waals surface area contributed by atoms with Crippen LogP contribution < -0.4 is 5.32 Å². The number of nitrogens with zero attached hydrogens (tertiary/aromatic N) is 1. The number of aromatic nitrogens is 1. The van der Waals surface area contributed by atoms with Crippen LogP contribution in [0.5, 0.6) is 0 Å². The Morgan fingerprint density at radius 3 is 2.72 bits per heavy atom. The highest BCUT2D eigenvalue weighted by molar-refractivity contribution is 9.10. The molecule has 1 atom stereocenters. The minimum atomic E-state index is 0.476. The molecule has 0 saturated carbocycles. The minimum Gasteiger partial charge on any atom is -0.359 e. The second-order valence-corrected chi connectivity index (χ2v) is 6.59. The first-order valence-corrected chi connectivity index (χ1v) is 8.07. The molecule has 2 nitrogen and oxygen atoms in total. The van der Waals surface area contributed by atoms with Gasteiger partial charge in [-0.05, 0) is 31.0 Å². The lowest BCUT2D eigenvalue weighted by Gasteiger charge is -2.21. The third-order valence-corrected chi connectivity index (χ3v) is 4.92. The van der Waals surface area contributed by atoms with Crippen LogP contribution in [0.1, 0.15) is 33.6 Å². The van der Waals surface area contributed by atoms with E-state index in [-0.39, 0.29) is 0 Å². The quantitative estimate of drug-likeness (QED) is 0.806. The molecular weight excluding hydrogens is 308 g/mol. The Bertz CT molecular complexity index is 519. The Kier molecular flexibility index (Phi) is 4.62. The summed E-state index contributed by atoms with van der Waals surface area (Å²) in [6.45, 7) is 6.75. The van der Waals surface area contributed by atoms with Crippen molar-refractivity contribution >= 4 is 42.6 Å². The first-order chi connectivity index (χ1) is 8.63. The predicted molar refractivity (Wildman–Crippen MR) is 84.5 cm³/mol. The van der Waals surface area contributed by atoms with E-state index in [9.17, 15) is 0 Å². The van der Waals surface area contributed by atoms with Crippen molar-refractivity contribution in [2.24, 2.45) is 5.92 Å². The maximum atomic E-state index is 4.64. The molecular formula is C14H19BrN2S. The number of thiazole rings is 1. The maximum Gasteiger partial charge on any atom is 0.184 e. The molecule has 0 bridgehead atoms. The predicted octanol–water partition coefficient (Wildman–Crippen LogP) is 5.30. The van der Waals surface area contributed by atoms with Gasteiger partial charge in [-0.25, -0.2) is 4.98 Å². The van der Waals surface area contributed by atoms with Gasteiger partial charge in [-0.15, -0.1) is 0 Å². The van der Waals surface area contributed by atoms with Gasteiger partial charge in [-0.2, -0.15) is 0 Å². The summed E-state index contributed by atoms with van der Waals surface area (Å²) < 4.78 is 2.32. The van der Waals surface area contributed by atoms with Crippen molar-refractivity contribution in [3.8, 4) is 0 Å². The summed E-state index contributed by atoms with van der Waals surface area (Å²) in [6, 6.07) is 6.72. The Balaban J connectivity index is 2.16. The van der Waals surface area contributed by atoms with Crippen molar-refractivity contribution in [1.29, 1.82) is 0 Å². The monoisotopic (exact) mass is 326 g/mol. The van der Waals surface area contributed by atoms with E-state index in [0.29, 0.717) is 12.0 Å². The number of nitrogens with one attached hydrogen (secondary N) is 1. The molecule has 0 spiro atoms. The van der Waals surface area contributed by atoms with Crippen LogP contribution in [0.3, 0.4) is 0 Å². The normalized spacial score (nSPS) is 13.2. The van der Waals surface area contributed by atoms with Crippen molar-refractivity contribution in [2.45, 2.75) is 39.7 Å². The average molecular weight is 327 g/mol. The Labute approximate surface area is 121 Å². The van der Waals surface area contributed by atoms with Gasteiger partial charge in [-0.3, -0.25) is 0 Å². The van der Waals surface area contributed by atoms with Crippen LogP contribution in [0, 0.1) is 5.92 Å². The topological polar surface area (TPSA) is 24.9 Å². The Morgan fingerprint density at radius 1 is 1.33 bits per heavy atom. The van der Waals surface area contributed by atoms with E-state index in [0.717, 1.165) is 15.1 Å². The lowest BCUT2D eigenvalue weighted by atomic mass is 9.96. The first-order valence-electron chi connectivity index (χ1n) is 6.46.